The van der Waals surface area contributed by atoms with Crippen LogP contribution < -0.4 is 21.1 Å². The minimum Gasteiger partial charge on any atom is -0.508 e. The Balaban J connectivity index is 1.32. The first-order valence-electron chi connectivity index (χ1n) is 20.0. The molecule has 1 aliphatic carbocycles. The fraction of sp³-hybridized carbons (Fsp3) is 0.364. The van der Waals surface area contributed by atoms with Crippen molar-refractivity contribution in [2.75, 3.05) is 0 Å². The molecule has 3 aromatic heterocycles. The largest absolute Gasteiger partial charge is 0.508 e. The molecule has 6 aromatic rings. The number of para-hydroxylation sites is 1. The van der Waals surface area contributed by atoms with Crippen LogP contribution >= 0.6 is 23.6 Å². The number of H-pyrrole nitrogens is 1. The molecule has 0 saturated heterocycles. The van der Waals surface area contributed by atoms with Gasteiger partial charge in [0, 0.05) is 51.8 Å². The molecule has 13 nitrogen and oxygen atoms in total. The van der Waals surface area contributed by atoms with Crippen LogP contribution in [0.1, 0.15) is 93.0 Å². The number of nitrogens with two attached hydrogens (primary N) is 1. The lowest BCUT2D eigenvalue weighted by Crippen LogP contribution is -2.54. The highest BCUT2D eigenvalue weighted by Crippen LogP contribution is 2.62. The Labute approximate surface area is 348 Å². The van der Waals surface area contributed by atoms with E-state index in [9.17, 15) is 19.2 Å². The average molecular weight is 835 g/mol. The first-order chi connectivity index (χ1) is 28.4. The molecular weight excluding hydrogens is 792 g/mol. The number of aromatic hydroxyl groups is 1. The minimum absolute atomic E-state index is 0.0415. The number of carbonyl (C=O) groups excluding carboxylic acids is 2. The number of hydrogen-bond donors (Lipinski definition) is 6. The molecule has 1 spiro atoms. The van der Waals surface area contributed by atoms with Crippen molar-refractivity contribution in [1.29, 1.82) is 0 Å². The van der Waals surface area contributed by atoms with Crippen molar-refractivity contribution in [3.05, 3.63) is 93.8 Å². The smallest absolute Gasteiger partial charge is 0.250 e. The Hall–Kier alpha value is -5.28. The zero-order valence-corrected chi connectivity index (χ0v) is 34.3. The standard InChI is InChI=1S/C44H43ClN6O7S/c1-18(2)31(46)40(54)48-27-17-20-14-15-28(52)25(16-20)44-24-12-6-11-23(35(24)57-43(44)59-55)22-10-7-13-26-29(22)30(33(47-26)21-8-5-9-21)36-38(45)51-42(56-36)34-37(44)58-41(50-34)32(19(3)4)49-39(27)53/h6-7,10-16,18-19,21,27,31-32,43,47,52,55H,5,8-9,17,46H2,1-4H3,(H,48,54)(H,49,53). The van der Waals surface area contributed by atoms with Crippen molar-refractivity contribution < 1.29 is 32.8 Å². The van der Waals surface area contributed by atoms with Crippen LogP contribution in [0.5, 0.6) is 11.5 Å². The maximum Gasteiger partial charge on any atom is 0.250 e. The molecule has 1 fully saturated rings. The molecule has 304 valence electrons. The maximum atomic E-state index is 14.3. The molecule has 15 heteroatoms. The van der Waals surface area contributed by atoms with Crippen LogP contribution in [0.3, 0.4) is 0 Å². The fourth-order valence-corrected chi connectivity index (χ4v) is 10.1. The van der Waals surface area contributed by atoms with E-state index in [-0.39, 0.29) is 58.3 Å². The number of carbonyl (C=O) groups is 2. The summed E-state index contributed by atoms with van der Waals surface area (Å²) in [6, 6.07) is 14.1. The summed E-state index contributed by atoms with van der Waals surface area (Å²) < 4.78 is 32.1. The van der Waals surface area contributed by atoms with Gasteiger partial charge in [-0.05, 0) is 53.9 Å². The molecule has 3 aliphatic heterocycles. The molecular formula is C44H43ClN6O7S. The van der Waals surface area contributed by atoms with Crippen molar-refractivity contribution in [2.45, 2.75) is 88.3 Å². The number of fused-ring (bicyclic) bond motifs is 8. The zero-order valence-electron chi connectivity index (χ0n) is 32.8. The van der Waals surface area contributed by atoms with Gasteiger partial charge in [0.05, 0.1) is 11.6 Å². The van der Waals surface area contributed by atoms with Gasteiger partial charge in [0.15, 0.2) is 27.8 Å². The van der Waals surface area contributed by atoms with Crippen LogP contribution in [0.15, 0.2) is 63.4 Å². The van der Waals surface area contributed by atoms with E-state index in [1.807, 2.05) is 64.1 Å². The van der Waals surface area contributed by atoms with Gasteiger partial charge in [0.25, 0.3) is 5.89 Å². The quantitative estimate of drug-likeness (QED) is 0.0884. The third-order valence-corrected chi connectivity index (χ3v) is 13.5. The van der Waals surface area contributed by atoms with Gasteiger partial charge in [-0.3, -0.25) is 9.59 Å². The zero-order chi connectivity index (χ0) is 41.1. The van der Waals surface area contributed by atoms with Crippen LogP contribution in [-0.2, 0) is 21.4 Å². The lowest BCUT2D eigenvalue weighted by molar-refractivity contribution is -0.130. The second kappa shape index (κ2) is 13.9. The highest BCUT2D eigenvalue weighted by molar-refractivity contribution is 7.94. The van der Waals surface area contributed by atoms with Crippen LogP contribution in [-0.4, -0.2) is 53.9 Å². The monoisotopic (exact) mass is 834 g/mol. The van der Waals surface area contributed by atoms with E-state index >= 15 is 0 Å². The second-order valence-electron chi connectivity index (χ2n) is 16.8. The van der Waals surface area contributed by atoms with Crippen molar-refractivity contribution >= 4 is 46.4 Å². The third-order valence-electron chi connectivity index (χ3n) is 12.6. The van der Waals surface area contributed by atoms with E-state index in [0.29, 0.717) is 40.2 Å². The highest BCUT2D eigenvalue weighted by atomic mass is 35.5. The van der Waals surface area contributed by atoms with E-state index in [0.717, 1.165) is 52.5 Å². The molecule has 7 N–H and O–H groups in total. The SMILES string of the molecule is CC(C)C(N)C(=O)NC1Cc2ccc(O)c(c2)C23c4cccc(c4OC2SO)-c2cccc4[nH]c(C5CCC5)c(c24)-c2oc(nc2Cl)-c2nc(oc23)C(C(C)C)NC1=O. The van der Waals surface area contributed by atoms with Gasteiger partial charge < -0.3 is 44.6 Å². The first-order valence-corrected chi connectivity index (χ1v) is 21.2. The first kappa shape index (κ1) is 38.0. The third kappa shape index (κ3) is 5.59. The van der Waals surface area contributed by atoms with E-state index in [1.54, 1.807) is 12.1 Å². The summed E-state index contributed by atoms with van der Waals surface area (Å²) >= 11 is 7.61. The number of rotatable bonds is 6. The number of phenols is 1. The molecule has 5 atom stereocenters. The van der Waals surface area contributed by atoms with Gasteiger partial charge in [-0.25, -0.2) is 4.98 Å². The lowest BCUT2D eigenvalue weighted by atomic mass is 9.71. The minimum atomic E-state index is -1.61. The summed E-state index contributed by atoms with van der Waals surface area (Å²) in [4.78, 5) is 41.4. The Morgan fingerprint density at radius 1 is 1.05 bits per heavy atom. The van der Waals surface area contributed by atoms with Crippen LogP contribution in [0.25, 0.3) is 44.9 Å². The number of nitrogens with one attached hydrogen (secondary N) is 3. The Bertz CT molecular complexity index is 2700. The van der Waals surface area contributed by atoms with E-state index in [2.05, 4.69) is 15.6 Å². The fourth-order valence-electron chi connectivity index (χ4n) is 9.21. The molecule has 10 bridgehead atoms. The average Bonchev–Trinajstić information content (AvgIpc) is 3.97. The predicted molar refractivity (Wildman–Crippen MR) is 223 cm³/mol. The second-order valence-corrected chi connectivity index (χ2v) is 17.8. The number of benzene rings is 3. The van der Waals surface area contributed by atoms with Gasteiger partial charge in [-0.1, -0.05) is 88.2 Å². The number of halogens is 1. The molecule has 1 saturated carbocycles. The number of phenolic OH excluding ortho intramolecular Hbond substituents is 1. The Kier molecular flexibility index (Phi) is 8.94. The maximum absolute atomic E-state index is 14.3. The van der Waals surface area contributed by atoms with Gasteiger partial charge >= 0.3 is 0 Å². The van der Waals surface area contributed by atoms with Crippen LogP contribution in [0.2, 0.25) is 5.15 Å². The summed E-state index contributed by atoms with van der Waals surface area (Å²) in [5.41, 5.74) is 9.40. The summed E-state index contributed by atoms with van der Waals surface area (Å²) in [7, 11) is 0. The van der Waals surface area contributed by atoms with Crippen molar-refractivity contribution in [3.63, 3.8) is 0 Å². The normalized spacial score (nSPS) is 22.5. The van der Waals surface area contributed by atoms with E-state index in [4.69, 9.17) is 40.9 Å². The number of hydrogen-bond acceptors (Lipinski definition) is 11. The highest BCUT2D eigenvalue weighted by Gasteiger charge is 2.59. The predicted octanol–water partition coefficient (Wildman–Crippen LogP) is 8.18. The number of aromatic nitrogens is 3. The molecule has 59 heavy (non-hydrogen) atoms. The summed E-state index contributed by atoms with van der Waals surface area (Å²) in [6.45, 7) is 7.50. The molecule has 5 unspecified atom stereocenters. The Morgan fingerprint density at radius 2 is 1.83 bits per heavy atom. The Morgan fingerprint density at radius 3 is 2.56 bits per heavy atom. The van der Waals surface area contributed by atoms with E-state index in [1.165, 1.54) is 6.07 Å². The summed E-state index contributed by atoms with van der Waals surface area (Å²) in [5.74, 6) is -0.150. The molecule has 4 aliphatic rings. The van der Waals surface area contributed by atoms with Gasteiger partial charge in [0.2, 0.25) is 17.7 Å². The number of amides is 2. The molecule has 0 radical (unpaired) electrons. The van der Waals surface area contributed by atoms with Crippen LogP contribution in [0.4, 0.5) is 0 Å². The molecule has 6 heterocycles. The van der Waals surface area contributed by atoms with Crippen molar-refractivity contribution in [1.82, 2.24) is 25.6 Å². The van der Waals surface area contributed by atoms with E-state index < -0.39 is 40.8 Å². The summed E-state index contributed by atoms with van der Waals surface area (Å²) in [5, 5.41) is 19.1. The molecule has 10 rings (SSSR count). The number of ether oxygens (including phenoxy) is 1. The van der Waals surface area contributed by atoms with Crippen molar-refractivity contribution in [3.8, 4) is 45.5 Å². The topological polar surface area (TPSA) is 202 Å². The van der Waals surface area contributed by atoms with Crippen LogP contribution in [0, 0.1) is 11.8 Å². The van der Waals surface area contributed by atoms with Crippen molar-refractivity contribution in [2.24, 2.45) is 17.6 Å². The number of oxazole rings is 2. The number of nitrogens with zero attached hydrogens (tertiary/aromatic N) is 2. The van der Waals surface area contributed by atoms with Gasteiger partial charge in [-0.2, -0.15) is 4.98 Å². The molecule has 2 amide bonds. The number of aromatic amines is 1. The lowest BCUT2D eigenvalue weighted by Gasteiger charge is -2.33. The van der Waals surface area contributed by atoms with Gasteiger partial charge in [0.1, 0.15) is 29.0 Å². The summed E-state index contributed by atoms with van der Waals surface area (Å²) in [6.07, 6.45) is 3.16. The molecule has 3 aromatic carbocycles. The van der Waals surface area contributed by atoms with Gasteiger partial charge in [-0.15, -0.1) is 0 Å².